The third-order valence-corrected chi connectivity index (χ3v) is 3.17. The van der Waals surface area contributed by atoms with E-state index in [0.29, 0.717) is 6.54 Å². The molecular weight excluding hydrogens is 232 g/mol. The van der Waals surface area contributed by atoms with Gasteiger partial charge >= 0.3 is 5.97 Å². The van der Waals surface area contributed by atoms with Crippen LogP contribution in [0, 0.1) is 6.92 Å². The molecule has 1 aliphatic rings. The zero-order chi connectivity index (χ0) is 13.0. The quantitative estimate of drug-likeness (QED) is 0.833. The molecule has 2 heterocycles. The molecule has 1 saturated heterocycles. The Morgan fingerprint density at radius 3 is 2.56 bits per heavy atom. The van der Waals surface area contributed by atoms with Crippen LogP contribution >= 0.6 is 0 Å². The minimum Gasteiger partial charge on any atom is -0.481 e. The van der Waals surface area contributed by atoms with E-state index in [9.17, 15) is 4.79 Å². The maximum Gasteiger partial charge on any atom is 0.304 e. The number of carbonyl (C=O) groups is 1. The van der Waals surface area contributed by atoms with E-state index in [2.05, 4.69) is 19.8 Å². The minimum absolute atomic E-state index is 0.212. The topological polar surface area (TPSA) is 69.6 Å². The van der Waals surface area contributed by atoms with Crippen molar-refractivity contribution < 1.29 is 9.90 Å². The summed E-state index contributed by atoms with van der Waals surface area (Å²) < 4.78 is 0. The predicted molar refractivity (Wildman–Crippen MR) is 67.7 cm³/mol. The van der Waals surface area contributed by atoms with E-state index in [0.717, 1.165) is 37.7 Å². The fraction of sp³-hybridized carbons (Fsp3) is 0.583. The maximum absolute atomic E-state index is 10.5. The van der Waals surface area contributed by atoms with Crippen LogP contribution in [0.4, 0.5) is 5.82 Å². The summed E-state index contributed by atoms with van der Waals surface area (Å²) in [5, 5.41) is 8.66. The molecule has 0 unspecified atom stereocenters. The molecule has 0 aliphatic carbocycles. The molecule has 0 amide bonds. The number of carboxylic acid groups (broad SMARTS) is 1. The summed E-state index contributed by atoms with van der Waals surface area (Å²) >= 11 is 0. The first-order valence-electron chi connectivity index (χ1n) is 6.13. The van der Waals surface area contributed by atoms with Crippen LogP contribution in [0.3, 0.4) is 0 Å². The highest BCUT2D eigenvalue weighted by Gasteiger charge is 2.19. The van der Waals surface area contributed by atoms with E-state index in [-0.39, 0.29) is 6.42 Å². The van der Waals surface area contributed by atoms with E-state index in [1.807, 2.05) is 6.92 Å². The number of aryl methyl sites for hydroxylation is 1. The molecule has 0 saturated carbocycles. The summed E-state index contributed by atoms with van der Waals surface area (Å²) in [5.74, 6) is 0.206. The number of piperazine rings is 1. The van der Waals surface area contributed by atoms with E-state index in [1.165, 1.54) is 0 Å². The van der Waals surface area contributed by atoms with Gasteiger partial charge in [-0.2, -0.15) is 0 Å². The third-order valence-electron chi connectivity index (χ3n) is 3.17. The average molecular weight is 250 g/mol. The van der Waals surface area contributed by atoms with Gasteiger partial charge in [0.1, 0.15) is 5.82 Å². The molecule has 0 atom stereocenters. The Morgan fingerprint density at radius 1 is 1.28 bits per heavy atom. The third kappa shape index (κ3) is 3.16. The number of hydrogen-bond donors (Lipinski definition) is 1. The van der Waals surface area contributed by atoms with Crippen LogP contribution in [-0.4, -0.2) is 58.7 Å². The molecule has 1 N–H and O–H groups in total. The lowest BCUT2D eigenvalue weighted by Crippen LogP contribution is -2.47. The molecule has 6 nitrogen and oxygen atoms in total. The lowest BCUT2D eigenvalue weighted by molar-refractivity contribution is -0.137. The number of carboxylic acids is 1. The lowest BCUT2D eigenvalue weighted by Gasteiger charge is -2.35. The first-order chi connectivity index (χ1) is 8.66. The number of hydrogen-bond acceptors (Lipinski definition) is 5. The van der Waals surface area contributed by atoms with Gasteiger partial charge in [-0.05, 0) is 6.92 Å². The van der Waals surface area contributed by atoms with Crippen molar-refractivity contribution >= 4 is 11.8 Å². The van der Waals surface area contributed by atoms with Crippen LogP contribution in [0.25, 0.3) is 0 Å². The second kappa shape index (κ2) is 5.77. The van der Waals surface area contributed by atoms with Crippen LogP contribution < -0.4 is 4.90 Å². The average Bonchev–Trinajstić information content (AvgIpc) is 2.38. The van der Waals surface area contributed by atoms with E-state index < -0.39 is 5.97 Å². The second-order valence-corrected chi connectivity index (χ2v) is 4.44. The van der Waals surface area contributed by atoms with Gasteiger partial charge in [0.25, 0.3) is 0 Å². The molecule has 0 spiro atoms. The van der Waals surface area contributed by atoms with E-state index in [1.54, 1.807) is 12.4 Å². The molecule has 0 radical (unpaired) electrons. The van der Waals surface area contributed by atoms with Gasteiger partial charge in [0.05, 0.1) is 12.1 Å². The normalized spacial score (nSPS) is 16.8. The Labute approximate surface area is 106 Å². The number of aliphatic carboxylic acids is 1. The zero-order valence-electron chi connectivity index (χ0n) is 10.5. The van der Waals surface area contributed by atoms with E-state index >= 15 is 0 Å². The molecule has 1 aromatic heterocycles. The SMILES string of the molecule is Cc1nccnc1N1CCN(CCC(=O)O)CC1. The Hall–Kier alpha value is -1.69. The number of aromatic nitrogens is 2. The van der Waals surface area contributed by atoms with Crippen LogP contribution in [-0.2, 0) is 4.79 Å². The van der Waals surface area contributed by atoms with Gasteiger partial charge in [0.2, 0.25) is 0 Å². The van der Waals surface area contributed by atoms with Gasteiger partial charge in [-0.3, -0.25) is 14.7 Å². The van der Waals surface area contributed by atoms with Crippen LogP contribution in [0.15, 0.2) is 12.4 Å². The van der Waals surface area contributed by atoms with Gasteiger partial charge in [0, 0.05) is 45.1 Å². The number of rotatable bonds is 4. The summed E-state index contributed by atoms with van der Waals surface area (Å²) in [4.78, 5) is 23.5. The van der Waals surface area contributed by atoms with Crippen molar-refractivity contribution in [1.29, 1.82) is 0 Å². The smallest absolute Gasteiger partial charge is 0.304 e. The maximum atomic E-state index is 10.5. The molecule has 18 heavy (non-hydrogen) atoms. The molecule has 0 aromatic carbocycles. The lowest BCUT2D eigenvalue weighted by atomic mass is 10.2. The summed E-state index contributed by atoms with van der Waals surface area (Å²) in [6, 6.07) is 0. The van der Waals surface area contributed by atoms with Crippen LogP contribution in [0.5, 0.6) is 0 Å². The fourth-order valence-electron chi connectivity index (χ4n) is 2.15. The first kappa shape index (κ1) is 12.8. The minimum atomic E-state index is -0.734. The van der Waals surface area contributed by atoms with Crippen molar-refractivity contribution in [3.05, 3.63) is 18.1 Å². The van der Waals surface area contributed by atoms with Crippen molar-refractivity contribution in [1.82, 2.24) is 14.9 Å². The standard InChI is InChI=1S/C12H18N4O2/c1-10-12(14-4-3-13-10)16-8-6-15(7-9-16)5-2-11(17)18/h3-4H,2,5-9H2,1H3,(H,17,18). The zero-order valence-corrected chi connectivity index (χ0v) is 10.5. The Kier molecular flexibility index (Phi) is 4.09. The predicted octanol–water partition coefficient (Wildman–Crippen LogP) is 0.382. The summed E-state index contributed by atoms with van der Waals surface area (Å²) in [5.41, 5.74) is 0.941. The second-order valence-electron chi connectivity index (χ2n) is 4.44. The fourth-order valence-corrected chi connectivity index (χ4v) is 2.15. The molecular formula is C12H18N4O2. The molecule has 1 aliphatic heterocycles. The van der Waals surface area contributed by atoms with Crippen LogP contribution in [0.2, 0.25) is 0 Å². The van der Waals surface area contributed by atoms with Crippen molar-refractivity contribution in [2.75, 3.05) is 37.6 Å². The first-order valence-corrected chi connectivity index (χ1v) is 6.13. The summed E-state index contributed by atoms with van der Waals surface area (Å²) in [6.45, 7) is 6.09. The van der Waals surface area contributed by atoms with Gasteiger partial charge in [-0.15, -0.1) is 0 Å². The highest BCUT2D eigenvalue weighted by atomic mass is 16.4. The Balaban J connectivity index is 1.87. The highest BCUT2D eigenvalue weighted by Crippen LogP contribution is 2.15. The van der Waals surface area contributed by atoms with Crippen molar-refractivity contribution in [2.24, 2.45) is 0 Å². The van der Waals surface area contributed by atoms with E-state index in [4.69, 9.17) is 5.11 Å². The van der Waals surface area contributed by atoms with Crippen molar-refractivity contribution in [2.45, 2.75) is 13.3 Å². The number of anilines is 1. The van der Waals surface area contributed by atoms with Gasteiger partial charge in [0.15, 0.2) is 0 Å². The summed E-state index contributed by atoms with van der Waals surface area (Å²) in [6.07, 6.45) is 3.62. The van der Waals surface area contributed by atoms with Crippen molar-refractivity contribution in [3.63, 3.8) is 0 Å². The van der Waals surface area contributed by atoms with Gasteiger partial charge in [-0.1, -0.05) is 0 Å². The largest absolute Gasteiger partial charge is 0.481 e. The van der Waals surface area contributed by atoms with Gasteiger partial charge in [-0.25, -0.2) is 4.98 Å². The molecule has 0 bridgehead atoms. The monoisotopic (exact) mass is 250 g/mol. The Morgan fingerprint density at radius 2 is 1.94 bits per heavy atom. The molecule has 6 heteroatoms. The summed E-state index contributed by atoms with van der Waals surface area (Å²) in [7, 11) is 0. The molecule has 2 rings (SSSR count). The van der Waals surface area contributed by atoms with Crippen LogP contribution in [0.1, 0.15) is 12.1 Å². The number of nitrogens with zero attached hydrogens (tertiary/aromatic N) is 4. The Bertz CT molecular complexity index is 416. The van der Waals surface area contributed by atoms with Gasteiger partial charge < -0.3 is 10.0 Å². The highest BCUT2D eigenvalue weighted by molar-refractivity contribution is 5.66. The molecule has 1 fully saturated rings. The molecule has 1 aromatic rings. The van der Waals surface area contributed by atoms with Crippen molar-refractivity contribution in [3.8, 4) is 0 Å². The molecule has 98 valence electrons.